The molecule has 0 aliphatic carbocycles. The molecule has 0 nitrogen and oxygen atoms in total. The summed E-state index contributed by atoms with van der Waals surface area (Å²) in [6.07, 6.45) is 1.06. The average Bonchev–Trinajstić information content (AvgIpc) is 3.64. The number of thiophene rings is 1. The van der Waals surface area contributed by atoms with Crippen molar-refractivity contribution in [3.63, 3.8) is 0 Å². The van der Waals surface area contributed by atoms with Crippen LogP contribution < -0.4 is 0 Å². The van der Waals surface area contributed by atoms with Gasteiger partial charge < -0.3 is 0 Å². The van der Waals surface area contributed by atoms with Gasteiger partial charge >= 0.3 is 0 Å². The van der Waals surface area contributed by atoms with Crippen molar-refractivity contribution < 1.29 is 0 Å². The zero-order chi connectivity index (χ0) is 35.5. The van der Waals surface area contributed by atoms with E-state index in [-0.39, 0.29) is 21.4 Å². The molecule has 0 N–H and O–H groups in total. The van der Waals surface area contributed by atoms with Crippen molar-refractivity contribution in [3.8, 4) is 4.90 Å². The van der Waals surface area contributed by atoms with Crippen molar-refractivity contribution in [2.45, 2.75) is 104 Å². The molecule has 7 rings (SSSR count). The Kier molecular flexibility index (Phi) is 25.4. The van der Waals surface area contributed by atoms with Crippen LogP contribution in [0.1, 0.15) is 94.2 Å². The maximum absolute atomic E-state index is 2.31. The van der Waals surface area contributed by atoms with Gasteiger partial charge in [0.05, 0.1) is 10.9 Å². The van der Waals surface area contributed by atoms with Crippen molar-refractivity contribution in [1.82, 2.24) is 0 Å². The molecule has 5 aromatic carbocycles. The van der Waals surface area contributed by atoms with E-state index >= 15 is 0 Å². The molecule has 0 radical (unpaired) electrons. The van der Waals surface area contributed by atoms with Crippen molar-refractivity contribution >= 4 is 31.5 Å². The van der Waals surface area contributed by atoms with Crippen molar-refractivity contribution in [2.75, 3.05) is 0 Å². The highest BCUT2D eigenvalue weighted by Crippen LogP contribution is 2.40. The maximum atomic E-state index is 2.31. The van der Waals surface area contributed by atoms with Gasteiger partial charge in [0.1, 0.15) is 5.38 Å². The summed E-state index contributed by atoms with van der Waals surface area (Å²) in [7, 11) is 0.196. The lowest BCUT2D eigenvalue weighted by atomic mass is 10.0. The summed E-state index contributed by atoms with van der Waals surface area (Å²) >= 11 is 0. The fraction of sp³-hybridized carbons (Fsp3) is 0.289. The summed E-state index contributed by atoms with van der Waals surface area (Å²) in [6.45, 7) is 24.0. The Bertz CT molecular complexity index is 1520. The molecule has 1 aromatic heterocycles. The quantitative estimate of drug-likeness (QED) is 0.161. The molecule has 47 heavy (non-hydrogen) atoms. The third-order valence-electron chi connectivity index (χ3n) is 6.28. The summed E-state index contributed by atoms with van der Waals surface area (Å²) in [6, 6.07) is 50.2. The van der Waals surface area contributed by atoms with Crippen LogP contribution >= 0.6 is 10.5 Å². The van der Waals surface area contributed by atoms with E-state index in [0.717, 1.165) is 6.42 Å². The highest BCUT2D eigenvalue weighted by atomic mass is 32.2. The summed E-state index contributed by atoms with van der Waals surface area (Å²) < 4.78 is 1.45. The smallest absolute Gasteiger partial charge is 0.0683 e. The first-order valence-electron chi connectivity index (χ1n) is 17.9. The summed E-state index contributed by atoms with van der Waals surface area (Å²) in [5.41, 5.74) is 2.94. The van der Waals surface area contributed by atoms with Gasteiger partial charge in [0.2, 0.25) is 0 Å². The van der Waals surface area contributed by atoms with E-state index in [9.17, 15) is 0 Å². The second-order valence-electron chi connectivity index (χ2n) is 8.50. The van der Waals surface area contributed by atoms with Crippen LogP contribution in [0.2, 0.25) is 0 Å². The van der Waals surface area contributed by atoms with Crippen molar-refractivity contribution in [2.24, 2.45) is 0 Å². The number of benzene rings is 5. The normalized spacial score (nSPS) is 10.3. The third kappa shape index (κ3) is 12.5. The highest BCUT2D eigenvalue weighted by molar-refractivity contribution is 7.97. The topological polar surface area (TPSA) is 0 Å². The molecule has 0 spiro atoms. The molecule has 1 aliphatic heterocycles. The first-order valence-corrected chi connectivity index (χ1v) is 20.4. The monoisotopic (exact) mass is 666 g/mol. The third-order valence-corrected chi connectivity index (χ3v) is 10.7. The molecule has 1 unspecified atom stereocenters. The molecular formula is C45H62S2+2. The lowest BCUT2D eigenvalue weighted by Crippen LogP contribution is -2.15. The summed E-state index contributed by atoms with van der Waals surface area (Å²) in [4.78, 5) is 5.78. The van der Waals surface area contributed by atoms with Gasteiger partial charge in [-0.3, -0.25) is 0 Å². The first-order chi connectivity index (χ1) is 23.4. The summed E-state index contributed by atoms with van der Waals surface area (Å²) in [5, 5.41) is 3.67. The van der Waals surface area contributed by atoms with Crippen LogP contribution in [-0.2, 0) is 17.3 Å². The Morgan fingerprint density at radius 1 is 0.362 bits per heavy atom. The van der Waals surface area contributed by atoms with Gasteiger partial charge in [-0.1, -0.05) is 168 Å². The minimum absolute atomic E-state index is 0.0421. The standard InChI is InChI=1S/C19H15S.C14H11S.6C2H6/c1-2-10-17(11-3-1)20-18-12-6-4-8-15(18)14-16-9-5-7-13-19(16)20;1-2-7-13(8-3-1)15-11-10-12-6-4-5-9-14(12)15;6*1-2/h1-13H,14H2;1-11H;6*1-2H3/q2*+1;;;;;;. The summed E-state index contributed by atoms with van der Waals surface area (Å²) in [5.74, 6) is 0. The second-order valence-corrected chi connectivity index (χ2v) is 12.3. The zero-order valence-corrected chi connectivity index (χ0v) is 33.0. The van der Waals surface area contributed by atoms with E-state index in [1.807, 2.05) is 83.1 Å². The van der Waals surface area contributed by atoms with E-state index < -0.39 is 0 Å². The van der Waals surface area contributed by atoms with E-state index in [1.54, 1.807) is 0 Å². The highest BCUT2D eigenvalue weighted by Gasteiger charge is 2.36. The first kappa shape index (κ1) is 43.4. The SMILES string of the molecule is CC.CC.CC.CC.CC.CC.c1ccc(-[s+]2ccc3ccccc32)cc1.c1ccc([S+]2c3ccccc3Cc3ccccc32)cc1. The predicted molar refractivity (Wildman–Crippen MR) is 220 cm³/mol. The molecule has 0 bridgehead atoms. The molecule has 1 atom stereocenters. The number of hydrogen-bond acceptors (Lipinski definition) is 0. The molecule has 252 valence electrons. The van der Waals surface area contributed by atoms with Gasteiger partial charge in [-0.25, -0.2) is 0 Å². The predicted octanol–water partition coefficient (Wildman–Crippen LogP) is 15.4. The fourth-order valence-corrected chi connectivity index (χ4v) is 8.95. The van der Waals surface area contributed by atoms with Crippen LogP contribution in [0, 0.1) is 0 Å². The fourth-order valence-electron chi connectivity index (χ4n) is 4.64. The van der Waals surface area contributed by atoms with Crippen LogP contribution in [0.3, 0.4) is 0 Å². The van der Waals surface area contributed by atoms with Gasteiger partial charge in [0, 0.05) is 39.5 Å². The van der Waals surface area contributed by atoms with Crippen molar-refractivity contribution in [1.29, 1.82) is 0 Å². The molecular weight excluding hydrogens is 605 g/mol. The van der Waals surface area contributed by atoms with Crippen LogP contribution in [0.25, 0.3) is 15.0 Å². The zero-order valence-electron chi connectivity index (χ0n) is 31.4. The van der Waals surface area contributed by atoms with Gasteiger partial charge in [0.25, 0.3) is 0 Å². The molecule has 6 aromatic rings. The van der Waals surface area contributed by atoms with E-state index in [4.69, 9.17) is 0 Å². The molecule has 0 amide bonds. The largest absolute Gasteiger partial charge is 0.186 e. The Labute approximate surface area is 295 Å². The molecule has 0 fully saturated rings. The minimum Gasteiger partial charge on any atom is -0.0683 e. The van der Waals surface area contributed by atoms with Crippen LogP contribution in [0.15, 0.2) is 160 Å². The Morgan fingerprint density at radius 2 is 0.745 bits per heavy atom. The van der Waals surface area contributed by atoms with E-state index in [0.29, 0.717) is 0 Å². The van der Waals surface area contributed by atoms with Crippen LogP contribution in [0.4, 0.5) is 0 Å². The van der Waals surface area contributed by atoms with Gasteiger partial charge in [-0.05, 0) is 48.5 Å². The molecule has 2 heterocycles. The van der Waals surface area contributed by atoms with Crippen molar-refractivity contribution in [3.05, 3.63) is 156 Å². The lowest BCUT2D eigenvalue weighted by molar-refractivity contribution is 1.04. The Balaban J connectivity index is 0.000000698. The molecule has 1 aliphatic rings. The molecule has 0 saturated heterocycles. The minimum atomic E-state index is 0.0421. The Morgan fingerprint density at radius 3 is 1.23 bits per heavy atom. The second kappa shape index (κ2) is 27.5. The van der Waals surface area contributed by atoms with Crippen LogP contribution in [-0.4, -0.2) is 0 Å². The van der Waals surface area contributed by atoms with Gasteiger partial charge in [-0.15, -0.1) is 0 Å². The molecule has 2 heteroatoms. The van der Waals surface area contributed by atoms with Crippen LogP contribution in [0.5, 0.6) is 0 Å². The molecule has 0 saturated carbocycles. The lowest BCUT2D eigenvalue weighted by Gasteiger charge is -2.19. The average molecular weight is 667 g/mol. The number of hydrogen-bond donors (Lipinski definition) is 0. The van der Waals surface area contributed by atoms with Gasteiger partial charge in [-0.2, -0.15) is 0 Å². The van der Waals surface area contributed by atoms with Gasteiger partial charge in [0.15, 0.2) is 24.3 Å². The number of rotatable bonds is 2. The number of fused-ring (bicyclic) bond motifs is 3. The van der Waals surface area contributed by atoms with E-state index in [1.165, 1.54) is 40.8 Å². The Hall–Kier alpha value is -3.59. The van der Waals surface area contributed by atoms with E-state index in [2.05, 4.69) is 145 Å². The maximum Gasteiger partial charge on any atom is 0.186 e.